The molecule has 0 saturated heterocycles. The van der Waals surface area contributed by atoms with Gasteiger partial charge in [0, 0.05) is 28.3 Å². The highest BCUT2D eigenvalue weighted by Crippen LogP contribution is 2.15. The Morgan fingerprint density at radius 3 is 2.50 bits per heavy atom. The van der Waals surface area contributed by atoms with E-state index in [1.165, 1.54) is 28.7 Å². The lowest BCUT2D eigenvalue weighted by atomic mass is 10.2. The van der Waals surface area contributed by atoms with Gasteiger partial charge < -0.3 is 10.4 Å². The minimum Gasteiger partial charge on any atom is -0.478 e. The number of carbonyl (C=O) groups excluding carboxylic acids is 1. The molecule has 1 aromatic rings. The molecule has 1 rings (SSSR count). The second-order valence-electron chi connectivity index (χ2n) is 2.43. The Hall–Kier alpha value is -1.18. The maximum Gasteiger partial charge on any atom is 0.335 e. The van der Waals surface area contributed by atoms with Gasteiger partial charge in [0.1, 0.15) is 5.82 Å². The third-order valence-electron chi connectivity index (χ3n) is 1.39. The van der Waals surface area contributed by atoms with Crippen molar-refractivity contribution in [1.82, 2.24) is 0 Å². The van der Waals surface area contributed by atoms with Crippen molar-refractivity contribution >= 4 is 38.2 Å². The van der Waals surface area contributed by atoms with Crippen LogP contribution in [0.4, 0.5) is 14.9 Å². The summed E-state index contributed by atoms with van der Waals surface area (Å²) in [7, 11) is 0. The van der Waals surface area contributed by atoms with Crippen LogP contribution in [0.1, 0.15) is 10.4 Å². The zero-order valence-electron chi connectivity index (χ0n) is 6.75. The van der Waals surface area contributed by atoms with Crippen LogP contribution in [-0.2, 0) is 0 Å². The van der Waals surface area contributed by atoms with Crippen LogP contribution in [0.3, 0.4) is 0 Å². The first-order chi connectivity index (χ1) is 6.49. The molecule has 0 bridgehead atoms. The Labute approximate surface area is 92.3 Å². The van der Waals surface area contributed by atoms with Gasteiger partial charge in [-0.15, -0.1) is 0 Å². The number of aromatic carboxylic acids is 1. The molecule has 1 amide bonds. The first kappa shape index (κ1) is 10.9. The summed E-state index contributed by atoms with van der Waals surface area (Å²) < 4.78 is 12.4. The number of carboxylic acid groups (broad SMARTS) is 1. The molecule has 0 aliphatic carbocycles. The van der Waals surface area contributed by atoms with Crippen LogP contribution in [-0.4, -0.2) is 15.0 Å². The highest BCUT2D eigenvalue weighted by atomic mass is 127. The number of rotatable bonds is 2. The van der Waals surface area contributed by atoms with Gasteiger partial charge in [0.15, 0.2) is 0 Å². The van der Waals surface area contributed by atoms with Crippen molar-refractivity contribution in [2.45, 2.75) is 0 Å². The first-order valence-corrected chi connectivity index (χ1v) is 4.57. The minimum absolute atomic E-state index is 0.127. The van der Waals surface area contributed by atoms with E-state index in [9.17, 15) is 14.0 Å². The summed E-state index contributed by atoms with van der Waals surface area (Å²) in [5.41, 5.74) is -0.0769. The molecule has 0 spiro atoms. The molecule has 0 heterocycles. The van der Waals surface area contributed by atoms with Gasteiger partial charge in [-0.05, 0) is 18.2 Å². The Morgan fingerprint density at radius 1 is 1.36 bits per heavy atom. The lowest BCUT2D eigenvalue weighted by Crippen LogP contribution is -2.04. The zero-order chi connectivity index (χ0) is 10.7. The van der Waals surface area contributed by atoms with Crippen LogP contribution < -0.4 is 5.32 Å². The molecule has 0 radical (unpaired) electrons. The highest BCUT2D eigenvalue weighted by molar-refractivity contribution is 14.1. The molecule has 4 nitrogen and oxygen atoms in total. The van der Waals surface area contributed by atoms with E-state index in [0.717, 1.165) is 12.1 Å². The summed E-state index contributed by atoms with van der Waals surface area (Å²) in [6, 6.07) is 3.11. The maximum absolute atomic E-state index is 12.8. The average Bonchev–Trinajstić information content (AvgIpc) is 2.01. The van der Waals surface area contributed by atoms with Crippen LogP contribution in [0.15, 0.2) is 18.2 Å². The fourth-order valence-corrected chi connectivity index (χ4v) is 1.21. The Kier molecular flexibility index (Phi) is 3.39. The summed E-state index contributed by atoms with van der Waals surface area (Å²) in [5, 5.41) is 10.9. The molecule has 0 saturated carbocycles. The predicted octanol–water partition coefficient (Wildman–Crippen LogP) is 2.49. The third-order valence-corrected chi connectivity index (χ3v) is 1.66. The van der Waals surface area contributed by atoms with Crippen molar-refractivity contribution in [2.75, 3.05) is 5.32 Å². The van der Waals surface area contributed by atoms with E-state index in [4.69, 9.17) is 5.11 Å². The molecule has 2 N–H and O–H groups in total. The van der Waals surface area contributed by atoms with E-state index in [1.807, 2.05) is 0 Å². The van der Waals surface area contributed by atoms with Crippen LogP contribution in [0.25, 0.3) is 0 Å². The number of hydrogen-bond donors (Lipinski definition) is 2. The molecule has 0 aromatic heterocycles. The maximum atomic E-state index is 12.8. The summed E-state index contributed by atoms with van der Waals surface area (Å²) in [6.07, 6.45) is 0. The van der Waals surface area contributed by atoms with Crippen molar-refractivity contribution in [3.63, 3.8) is 0 Å². The van der Waals surface area contributed by atoms with E-state index in [2.05, 4.69) is 5.32 Å². The SMILES string of the molecule is O=C(I)Nc1cc(F)cc(C(=O)O)c1. The number of benzene rings is 1. The minimum atomic E-state index is -1.24. The van der Waals surface area contributed by atoms with E-state index in [1.54, 1.807) is 0 Å². The van der Waals surface area contributed by atoms with Crippen LogP contribution in [0.2, 0.25) is 0 Å². The number of hydrogen-bond acceptors (Lipinski definition) is 2. The number of halogens is 2. The van der Waals surface area contributed by atoms with Crippen LogP contribution in [0, 0.1) is 5.82 Å². The van der Waals surface area contributed by atoms with E-state index < -0.39 is 15.7 Å². The van der Waals surface area contributed by atoms with Gasteiger partial charge in [-0.2, -0.15) is 0 Å². The molecular formula is C8H5FINO3. The van der Waals surface area contributed by atoms with Crippen molar-refractivity contribution < 1.29 is 19.1 Å². The smallest absolute Gasteiger partial charge is 0.335 e. The fraction of sp³-hybridized carbons (Fsp3) is 0. The monoisotopic (exact) mass is 309 g/mol. The number of nitrogens with one attached hydrogen (secondary N) is 1. The lowest BCUT2D eigenvalue weighted by Gasteiger charge is -2.02. The van der Waals surface area contributed by atoms with Gasteiger partial charge in [-0.1, -0.05) is 0 Å². The lowest BCUT2D eigenvalue weighted by molar-refractivity contribution is 0.0696. The van der Waals surface area contributed by atoms with Gasteiger partial charge in [0.05, 0.1) is 5.56 Å². The third kappa shape index (κ3) is 2.95. The van der Waals surface area contributed by atoms with E-state index in [-0.39, 0.29) is 11.3 Å². The van der Waals surface area contributed by atoms with Gasteiger partial charge in [-0.25, -0.2) is 9.18 Å². The predicted molar refractivity (Wildman–Crippen MR) is 56.4 cm³/mol. The van der Waals surface area contributed by atoms with Gasteiger partial charge in [0.25, 0.3) is 3.91 Å². The second-order valence-corrected chi connectivity index (χ2v) is 3.41. The highest BCUT2D eigenvalue weighted by Gasteiger charge is 2.07. The average molecular weight is 309 g/mol. The summed E-state index contributed by atoms with van der Waals surface area (Å²) in [4.78, 5) is 21.1. The molecule has 6 heteroatoms. The first-order valence-electron chi connectivity index (χ1n) is 3.49. The number of carboxylic acids is 1. The number of amides is 1. The van der Waals surface area contributed by atoms with Crippen molar-refractivity contribution in [2.24, 2.45) is 0 Å². The Bertz CT molecular complexity index is 394. The largest absolute Gasteiger partial charge is 0.478 e. The number of carbonyl (C=O) groups is 2. The summed E-state index contributed by atoms with van der Waals surface area (Å²) in [6.45, 7) is 0. The van der Waals surface area contributed by atoms with Crippen molar-refractivity contribution in [3.8, 4) is 0 Å². The van der Waals surface area contributed by atoms with Crippen LogP contribution in [0.5, 0.6) is 0 Å². The topological polar surface area (TPSA) is 66.4 Å². The van der Waals surface area contributed by atoms with Crippen molar-refractivity contribution in [3.05, 3.63) is 29.6 Å². The molecule has 74 valence electrons. The standard InChI is InChI=1S/C8H5FINO3/c9-5-1-4(7(12)13)2-6(3-5)11-8(10)14/h1-3H,(H,11,14)(H,12,13). The number of anilines is 1. The molecule has 1 aromatic carbocycles. The van der Waals surface area contributed by atoms with E-state index >= 15 is 0 Å². The van der Waals surface area contributed by atoms with Crippen molar-refractivity contribution in [1.29, 1.82) is 0 Å². The molecule has 0 atom stereocenters. The van der Waals surface area contributed by atoms with E-state index in [0.29, 0.717) is 0 Å². The molecule has 14 heavy (non-hydrogen) atoms. The normalized spacial score (nSPS) is 9.57. The molecule has 0 aliphatic rings. The summed E-state index contributed by atoms with van der Waals surface area (Å²) in [5.74, 6) is -1.95. The van der Waals surface area contributed by atoms with Crippen LogP contribution >= 0.6 is 22.6 Å². The zero-order valence-corrected chi connectivity index (χ0v) is 8.91. The molecular weight excluding hydrogens is 304 g/mol. The van der Waals surface area contributed by atoms with Gasteiger partial charge in [0.2, 0.25) is 0 Å². The van der Waals surface area contributed by atoms with Gasteiger partial charge >= 0.3 is 5.97 Å². The molecule has 0 aliphatic heterocycles. The molecule has 0 fully saturated rings. The fourth-order valence-electron chi connectivity index (χ4n) is 0.899. The Morgan fingerprint density at radius 2 is 2.00 bits per heavy atom. The van der Waals surface area contributed by atoms with Gasteiger partial charge in [-0.3, -0.25) is 4.79 Å². The molecule has 0 unspecified atom stereocenters. The summed E-state index contributed by atoms with van der Waals surface area (Å²) >= 11 is 1.47. The Balaban J connectivity index is 3.07. The quantitative estimate of drug-likeness (QED) is 0.501. The second kappa shape index (κ2) is 4.36.